The molecule has 0 spiro atoms. The molecule has 0 aromatic rings. The Bertz CT molecular complexity index is 147. The van der Waals surface area contributed by atoms with Gasteiger partial charge in [-0.2, -0.15) is 5.48 Å². The minimum atomic E-state index is -0.137. The van der Waals surface area contributed by atoms with Gasteiger partial charge >= 0.3 is 0 Å². The highest BCUT2D eigenvalue weighted by Crippen LogP contribution is 2.15. The lowest BCUT2D eigenvalue weighted by atomic mass is 10.1. The van der Waals surface area contributed by atoms with Crippen molar-refractivity contribution in [2.75, 3.05) is 0 Å². The number of nitrogens with zero attached hydrogens (tertiary/aromatic N) is 1. The maximum atomic E-state index is 8.68. The zero-order chi connectivity index (χ0) is 8.10. The first kappa shape index (κ1) is 8.49. The Morgan fingerprint density at radius 1 is 1.36 bits per heavy atom. The van der Waals surface area contributed by atoms with E-state index in [1.165, 1.54) is 0 Å². The quantitative estimate of drug-likeness (QED) is 0.304. The van der Waals surface area contributed by atoms with Crippen molar-refractivity contribution in [2.45, 2.75) is 38.1 Å². The average molecular weight is 158 g/mol. The number of hydrogen-bond donors (Lipinski definition) is 3. The van der Waals surface area contributed by atoms with E-state index >= 15 is 0 Å². The van der Waals surface area contributed by atoms with E-state index in [1.807, 2.05) is 0 Å². The molecule has 4 heteroatoms. The predicted molar refractivity (Wildman–Crippen MR) is 41.0 cm³/mol. The maximum absolute atomic E-state index is 8.68. The molecule has 1 aliphatic carbocycles. The van der Waals surface area contributed by atoms with Crippen LogP contribution in [0.15, 0.2) is 5.16 Å². The number of rotatable bonds is 1. The molecule has 1 atom stereocenters. The van der Waals surface area contributed by atoms with Crippen LogP contribution in [0.4, 0.5) is 0 Å². The molecule has 64 valence electrons. The molecule has 1 rings (SSSR count). The van der Waals surface area contributed by atoms with Gasteiger partial charge in [-0.3, -0.25) is 0 Å². The van der Waals surface area contributed by atoms with Crippen molar-refractivity contribution in [1.82, 2.24) is 5.48 Å². The molecule has 1 aliphatic rings. The van der Waals surface area contributed by atoms with Gasteiger partial charge in [0.05, 0.1) is 11.8 Å². The molecule has 0 amide bonds. The SMILES string of the molecule is ON=C1CCCCC[C@H]1NO. The highest BCUT2D eigenvalue weighted by molar-refractivity contribution is 5.89. The molecule has 0 aliphatic heterocycles. The van der Waals surface area contributed by atoms with E-state index in [0.29, 0.717) is 5.71 Å². The van der Waals surface area contributed by atoms with Crippen LogP contribution in [0, 0.1) is 0 Å². The first-order valence-corrected chi connectivity index (χ1v) is 3.99. The van der Waals surface area contributed by atoms with Gasteiger partial charge < -0.3 is 10.4 Å². The maximum Gasteiger partial charge on any atom is 0.0763 e. The molecular formula is C7H14N2O2. The molecule has 3 N–H and O–H groups in total. The van der Waals surface area contributed by atoms with Crippen LogP contribution in [0.2, 0.25) is 0 Å². The largest absolute Gasteiger partial charge is 0.411 e. The second kappa shape index (κ2) is 4.31. The van der Waals surface area contributed by atoms with Crippen molar-refractivity contribution >= 4 is 5.71 Å². The Labute approximate surface area is 65.9 Å². The Kier molecular flexibility index (Phi) is 3.32. The van der Waals surface area contributed by atoms with Gasteiger partial charge in [-0.1, -0.05) is 18.0 Å². The summed E-state index contributed by atoms with van der Waals surface area (Å²) in [6.45, 7) is 0. The Morgan fingerprint density at radius 3 is 2.82 bits per heavy atom. The molecule has 0 bridgehead atoms. The summed E-state index contributed by atoms with van der Waals surface area (Å²) in [6, 6.07) is -0.137. The Balaban J connectivity index is 2.55. The third-order valence-corrected chi connectivity index (χ3v) is 2.11. The summed E-state index contributed by atoms with van der Waals surface area (Å²) in [5, 5.41) is 20.4. The van der Waals surface area contributed by atoms with Gasteiger partial charge in [0.2, 0.25) is 0 Å². The minimum absolute atomic E-state index is 0.137. The summed E-state index contributed by atoms with van der Waals surface area (Å²) >= 11 is 0. The summed E-state index contributed by atoms with van der Waals surface area (Å²) in [7, 11) is 0. The van der Waals surface area contributed by atoms with E-state index in [9.17, 15) is 0 Å². The molecular weight excluding hydrogens is 144 g/mol. The normalized spacial score (nSPS) is 30.3. The lowest BCUT2D eigenvalue weighted by Gasteiger charge is -2.11. The van der Waals surface area contributed by atoms with Crippen LogP contribution in [-0.2, 0) is 0 Å². The van der Waals surface area contributed by atoms with Crippen molar-refractivity contribution in [2.24, 2.45) is 5.16 Å². The fourth-order valence-corrected chi connectivity index (χ4v) is 1.43. The van der Waals surface area contributed by atoms with Crippen LogP contribution in [0.5, 0.6) is 0 Å². The average Bonchev–Trinajstić information content (AvgIpc) is 2.27. The Hall–Kier alpha value is -0.610. The van der Waals surface area contributed by atoms with E-state index in [1.54, 1.807) is 0 Å². The Morgan fingerprint density at radius 2 is 2.18 bits per heavy atom. The molecule has 4 nitrogen and oxygen atoms in total. The van der Waals surface area contributed by atoms with Gasteiger partial charge in [-0.05, 0) is 19.3 Å². The van der Waals surface area contributed by atoms with E-state index in [2.05, 4.69) is 10.6 Å². The van der Waals surface area contributed by atoms with Gasteiger partial charge in [-0.25, -0.2) is 0 Å². The van der Waals surface area contributed by atoms with E-state index in [-0.39, 0.29) is 6.04 Å². The topological polar surface area (TPSA) is 64.9 Å². The van der Waals surface area contributed by atoms with Gasteiger partial charge in [0.15, 0.2) is 0 Å². The second-order valence-corrected chi connectivity index (χ2v) is 2.87. The van der Waals surface area contributed by atoms with Crippen LogP contribution in [0.1, 0.15) is 32.1 Å². The zero-order valence-corrected chi connectivity index (χ0v) is 6.45. The molecule has 0 saturated heterocycles. The van der Waals surface area contributed by atoms with Gasteiger partial charge in [0.25, 0.3) is 0 Å². The molecule has 1 saturated carbocycles. The van der Waals surface area contributed by atoms with Crippen molar-refractivity contribution in [1.29, 1.82) is 0 Å². The standard InChI is InChI=1S/C7H14N2O2/c10-8-6-4-2-1-3-5-7(6)9-11/h6,8,10-11H,1-5H2/t6-/m1/s1. The van der Waals surface area contributed by atoms with Crippen molar-refractivity contribution < 1.29 is 10.4 Å². The number of oxime groups is 1. The van der Waals surface area contributed by atoms with Crippen molar-refractivity contribution in [3.05, 3.63) is 0 Å². The predicted octanol–water partition coefficient (Wildman–Crippen LogP) is 1.13. The molecule has 0 unspecified atom stereocenters. The first-order valence-electron chi connectivity index (χ1n) is 3.99. The summed E-state index contributed by atoms with van der Waals surface area (Å²) in [5.74, 6) is 0. The van der Waals surface area contributed by atoms with Crippen molar-refractivity contribution in [3.8, 4) is 0 Å². The lowest BCUT2D eigenvalue weighted by Crippen LogP contribution is -2.33. The third kappa shape index (κ3) is 2.17. The monoisotopic (exact) mass is 158 g/mol. The molecule has 1 fully saturated rings. The van der Waals surface area contributed by atoms with Crippen LogP contribution < -0.4 is 5.48 Å². The lowest BCUT2D eigenvalue weighted by molar-refractivity contribution is 0.144. The number of hydrogen-bond acceptors (Lipinski definition) is 4. The number of hydroxylamine groups is 1. The fourth-order valence-electron chi connectivity index (χ4n) is 1.43. The highest BCUT2D eigenvalue weighted by atomic mass is 16.5. The van der Waals surface area contributed by atoms with Gasteiger partial charge in [-0.15, -0.1) is 0 Å². The van der Waals surface area contributed by atoms with Crippen LogP contribution >= 0.6 is 0 Å². The molecule has 0 radical (unpaired) electrons. The summed E-state index contributed by atoms with van der Waals surface area (Å²) in [4.78, 5) is 0. The third-order valence-electron chi connectivity index (χ3n) is 2.11. The van der Waals surface area contributed by atoms with Crippen LogP contribution in [0.3, 0.4) is 0 Å². The summed E-state index contributed by atoms with van der Waals surface area (Å²) in [5.41, 5.74) is 2.83. The highest BCUT2D eigenvalue weighted by Gasteiger charge is 2.17. The first-order chi connectivity index (χ1) is 5.38. The molecule has 0 heterocycles. The summed E-state index contributed by atoms with van der Waals surface area (Å²) < 4.78 is 0. The molecule has 0 aromatic heterocycles. The minimum Gasteiger partial charge on any atom is -0.411 e. The van der Waals surface area contributed by atoms with Gasteiger partial charge in [0, 0.05) is 0 Å². The van der Waals surface area contributed by atoms with E-state index in [4.69, 9.17) is 10.4 Å². The van der Waals surface area contributed by atoms with E-state index in [0.717, 1.165) is 32.1 Å². The smallest absolute Gasteiger partial charge is 0.0763 e. The van der Waals surface area contributed by atoms with Gasteiger partial charge in [0.1, 0.15) is 0 Å². The number of nitrogens with one attached hydrogen (secondary N) is 1. The van der Waals surface area contributed by atoms with E-state index < -0.39 is 0 Å². The zero-order valence-electron chi connectivity index (χ0n) is 6.45. The molecule has 0 aromatic carbocycles. The van der Waals surface area contributed by atoms with Crippen molar-refractivity contribution in [3.63, 3.8) is 0 Å². The molecule has 11 heavy (non-hydrogen) atoms. The van der Waals surface area contributed by atoms with Crippen LogP contribution in [-0.4, -0.2) is 22.2 Å². The van der Waals surface area contributed by atoms with Crippen LogP contribution in [0.25, 0.3) is 0 Å². The second-order valence-electron chi connectivity index (χ2n) is 2.87. The summed E-state index contributed by atoms with van der Waals surface area (Å²) in [6.07, 6.45) is 4.93. The fraction of sp³-hybridized carbons (Fsp3) is 0.857.